The Hall–Kier alpha value is -3.52. The number of aromatic nitrogens is 2. The highest BCUT2D eigenvalue weighted by molar-refractivity contribution is 6.33. The van der Waals surface area contributed by atoms with Crippen LogP contribution < -0.4 is 20.3 Å². The monoisotopic (exact) mass is 427 g/mol. The van der Waals surface area contributed by atoms with Gasteiger partial charge in [-0.25, -0.2) is 4.79 Å². The number of ether oxygens (including phenoxy) is 3. The molecule has 0 spiro atoms. The van der Waals surface area contributed by atoms with Crippen LogP contribution >= 0.6 is 11.6 Å². The predicted octanol–water partition coefficient (Wildman–Crippen LogP) is 3.57. The number of esters is 1. The number of hydrogen-bond donors (Lipinski definition) is 1. The summed E-state index contributed by atoms with van der Waals surface area (Å²) in [5, 5.41) is 7.34. The van der Waals surface area contributed by atoms with E-state index in [1.54, 1.807) is 24.3 Å². The van der Waals surface area contributed by atoms with Crippen molar-refractivity contribution >= 4 is 23.3 Å². The predicted molar refractivity (Wildman–Crippen MR) is 111 cm³/mol. The Morgan fingerprint density at radius 1 is 1.23 bits per heavy atom. The molecule has 9 heteroatoms. The van der Waals surface area contributed by atoms with Crippen LogP contribution in [-0.2, 0) is 4.74 Å². The Balaban J connectivity index is 1.64. The van der Waals surface area contributed by atoms with E-state index in [0.717, 1.165) is 10.2 Å². The van der Waals surface area contributed by atoms with E-state index >= 15 is 0 Å². The summed E-state index contributed by atoms with van der Waals surface area (Å²) in [7, 11) is 1.27. The maximum atomic E-state index is 12.9. The number of halogens is 1. The zero-order valence-corrected chi connectivity index (χ0v) is 17.0. The molecule has 2 aromatic carbocycles. The lowest BCUT2D eigenvalue weighted by atomic mass is 10.1. The van der Waals surface area contributed by atoms with Crippen LogP contribution in [0.25, 0.3) is 5.69 Å². The van der Waals surface area contributed by atoms with Crippen molar-refractivity contribution in [1.29, 1.82) is 0 Å². The van der Waals surface area contributed by atoms with Crippen molar-refractivity contribution < 1.29 is 19.0 Å². The minimum Gasteiger partial charge on any atom is -0.465 e. The molecule has 3 aromatic rings. The van der Waals surface area contributed by atoms with Gasteiger partial charge in [0, 0.05) is 6.04 Å². The Bertz CT molecular complexity index is 1180. The van der Waals surface area contributed by atoms with Crippen LogP contribution in [0, 0.1) is 0 Å². The average molecular weight is 428 g/mol. The highest BCUT2D eigenvalue weighted by Crippen LogP contribution is 2.35. The van der Waals surface area contributed by atoms with Crippen molar-refractivity contribution in [3.63, 3.8) is 0 Å². The molecule has 4 rings (SSSR count). The Morgan fingerprint density at radius 2 is 2.00 bits per heavy atom. The molecule has 0 unspecified atom stereocenters. The number of carbonyl (C=O) groups is 1. The van der Waals surface area contributed by atoms with Gasteiger partial charge in [-0.05, 0) is 36.8 Å². The van der Waals surface area contributed by atoms with E-state index in [2.05, 4.69) is 10.4 Å². The van der Waals surface area contributed by atoms with Gasteiger partial charge in [0.25, 0.3) is 5.56 Å². The van der Waals surface area contributed by atoms with Gasteiger partial charge < -0.3 is 19.5 Å². The first-order chi connectivity index (χ1) is 14.5. The fourth-order valence-corrected chi connectivity index (χ4v) is 3.33. The first-order valence-electron chi connectivity index (χ1n) is 9.11. The topological polar surface area (TPSA) is 91.7 Å². The minimum absolute atomic E-state index is 0.0442. The van der Waals surface area contributed by atoms with Crippen LogP contribution in [0.4, 0.5) is 5.69 Å². The standard InChI is InChI=1S/C21H18ClN3O5/c1-12(13-7-8-17-18(9-13)30-11-29-17)24-15-10-23-25(20(26)19(15)22)16-6-4-3-5-14(16)21(27)28-2/h3-10,12,24H,11H2,1-2H3/t12-/m1/s1. The molecule has 1 aliphatic heterocycles. The maximum absolute atomic E-state index is 12.9. The van der Waals surface area contributed by atoms with E-state index in [9.17, 15) is 9.59 Å². The quantitative estimate of drug-likeness (QED) is 0.622. The number of fused-ring (bicyclic) bond motifs is 1. The van der Waals surface area contributed by atoms with Crippen molar-refractivity contribution in [2.45, 2.75) is 13.0 Å². The van der Waals surface area contributed by atoms with Gasteiger partial charge in [0.2, 0.25) is 6.79 Å². The number of rotatable bonds is 5. The van der Waals surface area contributed by atoms with Gasteiger partial charge in [-0.3, -0.25) is 4.79 Å². The van der Waals surface area contributed by atoms with Crippen molar-refractivity contribution in [3.8, 4) is 17.2 Å². The molecule has 1 aliphatic rings. The number of methoxy groups -OCH3 is 1. The summed E-state index contributed by atoms with van der Waals surface area (Å²) in [6.45, 7) is 2.12. The van der Waals surface area contributed by atoms with E-state index in [4.69, 9.17) is 25.8 Å². The highest BCUT2D eigenvalue weighted by Gasteiger charge is 2.19. The van der Waals surface area contributed by atoms with E-state index in [1.165, 1.54) is 13.3 Å². The number of carbonyl (C=O) groups excluding carboxylic acids is 1. The van der Waals surface area contributed by atoms with E-state index < -0.39 is 11.5 Å². The minimum atomic E-state index is -0.575. The van der Waals surface area contributed by atoms with Gasteiger partial charge in [0.1, 0.15) is 5.02 Å². The molecule has 0 radical (unpaired) electrons. The molecule has 1 aromatic heterocycles. The van der Waals surface area contributed by atoms with E-state index in [0.29, 0.717) is 17.2 Å². The SMILES string of the molecule is COC(=O)c1ccccc1-n1ncc(N[C@H](C)c2ccc3c(c2)OCO3)c(Cl)c1=O. The molecule has 0 fully saturated rings. The van der Waals surface area contributed by atoms with E-state index in [1.807, 2.05) is 25.1 Å². The Kier molecular flexibility index (Phi) is 5.33. The number of benzene rings is 2. The smallest absolute Gasteiger partial charge is 0.340 e. The maximum Gasteiger partial charge on any atom is 0.340 e. The number of anilines is 1. The number of nitrogens with zero attached hydrogens (tertiary/aromatic N) is 2. The normalized spacial score (nSPS) is 13.0. The second kappa shape index (κ2) is 8.08. The van der Waals surface area contributed by atoms with Gasteiger partial charge in [0.05, 0.1) is 30.2 Å². The van der Waals surface area contributed by atoms with Gasteiger partial charge in [-0.2, -0.15) is 9.78 Å². The third-order valence-electron chi connectivity index (χ3n) is 4.73. The van der Waals surface area contributed by atoms with Crippen LogP contribution in [0.15, 0.2) is 53.5 Å². The molecule has 0 amide bonds. The third kappa shape index (κ3) is 3.57. The zero-order chi connectivity index (χ0) is 21.3. The fourth-order valence-electron chi connectivity index (χ4n) is 3.14. The lowest BCUT2D eigenvalue weighted by molar-refractivity contribution is 0.0600. The second-order valence-electron chi connectivity index (χ2n) is 6.58. The molecule has 0 aliphatic carbocycles. The molecule has 1 atom stereocenters. The van der Waals surface area contributed by atoms with Gasteiger partial charge >= 0.3 is 5.97 Å². The summed E-state index contributed by atoms with van der Waals surface area (Å²) in [6, 6.07) is 11.9. The van der Waals surface area contributed by atoms with Crippen molar-refractivity contribution in [1.82, 2.24) is 9.78 Å². The molecule has 154 valence electrons. The molecule has 2 heterocycles. The van der Waals surface area contributed by atoms with Gasteiger partial charge in [-0.15, -0.1) is 0 Å². The lowest BCUT2D eigenvalue weighted by Crippen LogP contribution is -2.25. The lowest BCUT2D eigenvalue weighted by Gasteiger charge is -2.17. The molecule has 0 saturated carbocycles. The molecule has 8 nitrogen and oxygen atoms in total. The summed E-state index contributed by atoms with van der Waals surface area (Å²) < 4.78 is 16.6. The molecular weight excluding hydrogens is 410 g/mol. The summed E-state index contributed by atoms with van der Waals surface area (Å²) in [5.41, 5.74) is 1.23. The van der Waals surface area contributed by atoms with Crippen LogP contribution in [0.3, 0.4) is 0 Å². The third-order valence-corrected chi connectivity index (χ3v) is 5.09. The largest absolute Gasteiger partial charge is 0.465 e. The van der Waals surface area contributed by atoms with Crippen molar-refractivity contribution in [2.75, 3.05) is 19.2 Å². The first kappa shape index (κ1) is 19.8. The molecule has 30 heavy (non-hydrogen) atoms. The summed E-state index contributed by atoms with van der Waals surface area (Å²) >= 11 is 6.34. The number of hydrogen-bond acceptors (Lipinski definition) is 7. The first-order valence-corrected chi connectivity index (χ1v) is 9.49. The van der Waals surface area contributed by atoms with Gasteiger partial charge in [0.15, 0.2) is 11.5 Å². The summed E-state index contributed by atoms with van der Waals surface area (Å²) in [5.74, 6) is 0.784. The van der Waals surface area contributed by atoms with Crippen LogP contribution in [0.2, 0.25) is 5.02 Å². The summed E-state index contributed by atoms with van der Waals surface area (Å²) in [4.78, 5) is 24.9. The summed E-state index contributed by atoms with van der Waals surface area (Å²) in [6.07, 6.45) is 1.45. The molecule has 0 bridgehead atoms. The Labute approximate surface area is 176 Å². The fraction of sp³-hybridized carbons (Fsp3) is 0.190. The zero-order valence-electron chi connectivity index (χ0n) is 16.2. The number of para-hydroxylation sites is 1. The van der Waals surface area contributed by atoms with Crippen molar-refractivity contribution in [2.24, 2.45) is 0 Å². The highest BCUT2D eigenvalue weighted by atomic mass is 35.5. The van der Waals surface area contributed by atoms with Crippen molar-refractivity contribution in [3.05, 3.63) is 75.2 Å². The van der Waals surface area contributed by atoms with Crippen LogP contribution in [0.1, 0.15) is 28.9 Å². The molecule has 1 N–H and O–H groups in total. The Morgan fingerprint density at radius 3 is 2.80 bits per heavy atom. The molecule has 0 saturated heterocycles. The van der Waals surface area contributed by atoms with Crippen LogP contribution in [-0.4, -0.2) is 29.7 Å². The van der Waals surface area contributed by atoms with Gasteiger partial charge in [-0.1, -0.05) is 29.8 Å². The molecular formula is C21H18ClN3O5. The van der Waals surface area contributed by atoms with E-state index in [-0.39, 0.29) is 29.1 Å². The van der Waals surface area contributed by atoms with Crippen LogP contribution in [0.5, 0.6) is 11.5 Å². The average Bonchev–Trinajstić information content (AvgIpc) is 3.24. The number of nitrogens with one attached hydrogen (secondary N) is 1. The second-order valence-corrected chi connectivity index (χ2v) is 6.95.